The van der Waals surface area contributed by atoms with Crippen molar-refractivity contribution in [3.63, 3.8) is 0 Å². The van der Waals surface area contributed by atoms with Crippen LogP contribution in [0.25, 0.3) is 0 Å². The molecule has 0 spiro atoms. The third kappa shape index (κ3) is 1.43. The summed E-state index contributed by atoms with van der Waals surface area (Å²) in [4.78, 5) is 17.5. The van der Waals surface area contributed by atoms with Crippen LogP contribution in [0.4, 0.5) is 0 Å². The molecule has 1 aliphatic carbocycles. The van der Waals surface area contributed by atoms with Gasteiger partial charge in [-0.3, -0.25) is 4.79 Å². The van der Waals surface area contributed by atoms with Crippen molar-refractivity contribution < 1.29 is 9.63 Å². The minimum atomic E-state index is 0.0231. The third-order valence-corrected chi connectivity index (χ3v) is 3.36. The van der Waals surface area contributed by atoms with Gasteiger partial charge in [-0.1, -0.05) is 35.5 Å². The summed E-state index contributed by atoms with van der Waals surface area (Å²) in [5, 5.41) is 3.96. The number of oxime groups is 1. The van der Waals surface area contributed by atoms with Crippen molar-refractivity contribution in [1.82, 2.24) is 0 Å². The quantitative estimate of drug-likeness (QED) is 0.711. The van der Waals surface area contributed by atoms with E-state index in [0.717, 1.165) is 19.3 Å². The van der Waals surface area contributed by atoms with Crippen molar-refractivity contribution in [2.24, 2.45) is 11.1 Å². The maximum Gasteiger partial charge on any atom is 0.211 e. The molecular formula is C13H13NO2. The number of benzene rings is 1. The number of rotatable bonds is 2. The second-order valence-corrected chi connectivity index (χ2v) is 4.35. The number of nitrogens with zero attached hydrogens (tertiary/aromatic N) is 1. The zero-order chi connectivity index (χ0) is 11.0. The second kappa shape index (κ2) is 3.74. The fourth-order valence-electron chi connectivity index (χ4n) is 2.50. The topological polar surface area (TPSA) is 38.7 Å². The molecule has 3 rings (SSSR count). The Morgan fingerprint density at radius 3 is 2.88 bits per heavy atom. The van der Waals surface area contributed by atoms with Gasteiger partial charge in [-0.05, 0) is 19.3 Å². The van der Waals surface area contributed by atoms with Crippen LogP contribution >= 0.6 is 0 Å². The molecule has 1 saturated carbocycles. The van der Waals surface area contributed by atoms with E-state index in [1.165, 1.54) is 0 Å². The van der Waals surface area contributed by atoms with Crippen LogP contribution in [-0.4, -0.2) is 17.6 Å². The maximum absolute atomic E-state index is 12.2. The summed E-state index contributed by atoms with van der Waals surface area (Å²) in [6, 6.07) is 9.30. The molecule has 0 radical (unpaired) electrons. The summed E-state index contributed by atoms with van der Waals surface area (Å²) in [7, 11) is 0. The van der Waals surface area contributed by atoms with Crippen molar-refractivity contribution in [2.75, 3.05) is 0 Å². The van der Waals surface area contributed by atoms with Gasteiger partial charge in [-0.15, -0.1) is 0 Å². The van der Waals surface area contributed by atoms with Crippen LogP contribution < -0.4 is 0 Å². The molecule has 3 nitrogen and oxygen atoms in total. The van der Waals surface area contributed by atoms with Gasteiger partial charge < -0.3 is 4.84 Å². The van der Waals surface area contributed by atoms with Crippen molar-refractivity contribution >= 4 is 11.5 Å². The number of fused-ring (bicyclic) bond motifs is 1. The van der Waals surface area contributed by atoms with Crippen LogP contribution in [0.5, 0.6) is 0 Å². The lowest BCUT2D eigenvalue weighted by atomic mass is 9.94. The average Bonchev–Trinajstić information content (AvgIpc) is 2.91. The molecule has 3 heteroatoms. The SMILES string of the molecule is O=C(C1=NO[C@H]2CCC[C@@H]12)c1ccccc1. The molecule has 1 fully saturated rings. The number of Topliss-reactive ketones (excluding diaryl/α,β-unsaturated/α-hetero) is 1. The summed E-state index contributed by atoms with van der Waals surface area (Å²) in [5.41, 5.74) is 1.33. The Hall–Kier alpha value is -1.64. The van der Waals surface area contributed by atoms with E-state index in [0.29, 0.717) is 11.3 Å². The van der Waals surface area contributed by atoms with Crippen molar-refractivity contribution in [1.29, 1.82) is 0 Å². The number of hydrogen-bond donors (Lipinski definition) is 0. The molecule has 82 valence electrons. The molecule has 1 aromatic carbocycles. The highest BCUT2D eigenvalue weighted by Gasteiger charge is 2.41. The fourth-order valence-corrected chi connectivity index (χ4v) is 2.50. The van der Waals surface area contributed by atoms with Crippen LogP contribution in [0, 0.1) is 5.92 Å². The molecule has 2 aliphatic rings. The first-order chi connectivity index (χ1) is 7.86. The molecule has 1 heterocycles. The van der Waals surface area contributed by atoms with Crippen LogP contribution in [0.15, 0.2) is 35.5 Å². The van der Waals surface area contributed by atoms with Gasteiger partial charge >= 0.3 is 0 Å². The van der Waals surface area contributed by atoms with Gasteiger partial charge in [0.15, 0.2) is 0 Å². The second-order valence-electron chi connectivity index (χ2n) is 4.35. The van der Waals surface area contributed by atoms with E-state index in [-0.39, 0.29) is 17.8 Å². The summed E-state index contributed by atoms with van der Waals surface area (Å²) < 4.78 is 0. The van der Waals surface area contributed by atoms with E-state index >= 15 is 0 Å². The van der Waals surface area contributed by atoms with Crippen LogP contribution in [-0.2, 0) is 4.84 Å². The van der Waals surface area contributed by atoms with Gasteiger partial charge in [0.1, 0.15) is 11.8 Å². The van der Waals surface area contributed by atoms with Gasteiger partial charge in [0.05, 0.1) is 0 Å². The highest BCUT2D eigenvalue weighted by Crippen LogP contribution is 2.34. The first-order valence-corrected chi connectivity index (χ1v) is 5.70. The zero-order valence-corrected chi connectivity index (χ0v) is 8.93. The van der Waals surface area contributed by atoms with Crippen LogP contribution in [0.2, 0.25) is 0 Å². The minimum absolute atomic E-state index is 0.0231. The molecular weight excluding hydrogens is 202 g/mol. The highest BCUT2D eigenvalue weighted by atomic mass is 16.6. The number of carbonyl (C=O) groups excluding carboxylic acids is 1. The lowest BCUT2D eigenvalue weighted by Crippen LogP contribution is -2.24. The van der Waals surface area contributed by atoms with E-state index in [2.05, 4.69) is 5.16 Å². The highest BCUT2D eigenvalue weighted by molar-refractivity contribution is 6.46. The molecule has 0 saturated heterocycles. The molecule has 0 bridgehead atoms. The van der Waals surface area contributed by atoms with Crippen LogP contribution in [0.1, 0.15) is 29.6 Å². The van der Waals surface area contributed by atoms with Crippen molar-refractivity contribution in [3.8, 4) is 0 Å². The predicted octanol–water partition coefficient (Wildman–Crippen LogP) is 2.42. The summed E-state index contributed by atoms with van der Waals surface area (Å²) in [6.45, 7) is 0. The van der Waals surface area contributed by atoms with Gasteiger partial charge in [0, 0.05) is 11.5 Å². The Morgan fingerprint density at radius 1 is 1.25 bits per heavy atom. The smallest absolute Gasteiger partial charge is 0.211 e. The van der Waals surface area contributed by atoms with E-state index < -0.39 is 0 Å². The molecule has 0 unspecified atom stereocenters. The Bertz CT molecular complexity index is 439. The van der Waals surface area contributed by atoms with Gasteiger partial charge in [0.2, 0.25) is 5.78 Å². The molecule has 1 aromatic rings. The normalized spacial score (nSPS) is 27.1. The average molecular weight is 215 g/mol. The van der Waals surface area contributed by atoms with E-state index in [1.807, 2.05) is 30.3 Å². The number of hydrogen-bond acceptors (Lipinski definition) is 3. The first-order valence-electron chi connectivity index (χ1n) is 5.70. The molecule has 0 N–H and O–H groups in total. The lowest BCUT2D eigenvalue weighted by molar-refractivity contribution is 0.0746. The van der Waals surface area contributed by atoms with Crippen LogP contribution in [0.3, 0.4) is 0 Å². The van der Waals surface area contributed by atoms with Gasteiger partial charge in [-0.2, -0.15) is 0 Å². The molecule has 16 heavy (non-hydrogen) atoms. The zero-order valence-electron chi connectivity index (χ0n) is 8.93. The standard InChI is InChI=1S/C13H13NO2/c15-13(9-5-2-1-3-6-9)12-10-7-4-8-11(10)16-14-12/h1-3,5-6,10-11H,4,7-8H2/t10-,11+/m1/s1. The summed E-state index contributed by atoms with van der Waals surface area (Å²) in [5.74, 6) is 0.253. The largest absolute Gasteiger partial charge is 0.391 e. The van der Waals surface area contributed by atoms with Crippen molar-refractivity contribution in [2.45, 2.75) is 25.4 Å². The summed E-state index contributed by atoms with van der Waals surface area (Å²) >= 11 is 0. The molecule has 0 aromatic heterocycles. The number of ketones is 1. The van der Waals surface area contributed by atoms with Gasteiger partial charge in [-0.25, -0.2) is 0 Å². The first kappa shape index (κ1) is 9.58. The maximum atomic E-state index is 12.2. The van der Waals surface area contributed by atoms with E-state index in [4.69, 9.17) is 4.84 Å². The fraction of sp³-hybridized carbons (Fsp3) is 0.385. The minimum Gasteiger partial charge on any atom is -0.391 e. The van der Waals surface area contributed by atoms with E-state index in [9.17, 15) is 4.79 Å². The third-order valence-electron chi connectivity index (χ3n) is 3.36. The van der Waals surface area contributed by atoms with Crippen molar-refractivity contribution in [3.05, 3.63) is 35.9 Å². The lowest BCUT2D eigenvalue weighted by Gasteiger charge is -2.07. The Morgan fingerprint density at radius 2 is 2.06 bits per heavy atom. The molecule has 0 amide bonds. The monoisotopic (exact) mass is 215 g/mol. The van der Waals surface area contributed by atoms with E-state index in [1.54, 1.807) is 0 Å². The summed E-state index contributed by atoms with van der Waals surface area (Å²) in [6.07, 6.45) is 3.35. The molecule has 1 aliphatic heterocycles. The predicted molar refractivity (Wildman–Crippen MR) is 60.4 cm³/mol. The number of carbonyl (C=O) groups is 1. The molecule has 2 atom stereocenters. The Balaban J connectivity index is 1.86. The Kier molecular flexibility index (Phi) is 2.24. The van der Waals surface area contributed by atoms with Gasteiger partial charge in [0.25, 0.3) is 0 Å². The Labute approximate surface area is 94.1 Å².